The number of hydrogen-bond donors (Lipinski definition) is 0. The zero-order valence-electron chi connectivity index (χ0n) is 15.1. The summed E-state index contributed by atoms with van der Waals surface area (Å²) in [6.45, 7) is 4.84. The first kappa shape index (κ1) is 17.4. The molecule has 1 aliphatic heterocycles. The minimum absolute atomic E-state index is 0.103. The van der Waals surface area contributed by atoms with Crippen LogP contribution < -0.4 is 0 Å². The fourth-order valence-electron chi connectivity index (χ4n) is 3.29. The summed E-state index contributed by atoms with van der Waals surface area (Å²) in [5.74, 6) is 0.103. The molecule has 0 N–H and O–H groups in total. The van der Waals surface area contributed by atoms with Crippen molar-refractivity contribution in [2.75, 3.05) is 26.2 Å². The Morgan fingerprint density at radius 2 is 1.56 bits per heavy atom. The molecule has 1 fully saturated rings. The zero-order chi connectivity index (χ0) is 18.5. The van der Waals surface area contributed by atoms with Gasteiger partial charge in [0.1, 0.15) is 12.7 Å². The van der Waals surface area contributed by atoms with Crippen LogP contribution in [0.15, 0.2) is 61.4 Å². The molecular formula is C20H22N6O. The van der Waals surface area contributed by atoms with Crippen LogP contribution in [0, 0.1) is 0 Å². The highest BCUT2D eigenvalue weighted by Crippen LogP contribution is 2.13. The van der Waals surface area contributed by atoms with Gasteiger partial charge in [0.25, 0.3) is 5.91 Å². The first-order chi connectivity index (χ1) is 13.3. The Morgan fingerprint density at radius 1 is 0.852 bits per heavy atom. The van der Waals surface area contributed by atoms with Gasteiger partial charge in [-0.2, -0.15) is 5.10 Å². The number of pyridine rings is 1. The molecule has 0 bridgehead atoms. The lowest BCUT2D eigenvalue weighted by atomic mass is 10.1. The summed E-state index contributed by atoms with van der Waals surface area (Å²) < 4.78 is 1.76. The van der Waals surface area contributed by atoms with Crippen LogP contribution in [0.2, 0.25) is 0 Å². The van der Waals surface area contributed by atoms with Crippen molar-refractivity contribution in [3.8, 4) is 0 Å². The van der Waals surface area contributed by atoms with E-state index in [0.29, 0.717) is 6.54 Å². The monoisotopic (exact) mass is 362 g/mol. The molecule has 0 atom stereocenters. The summed E-state index contributed by atoms with van der Waals surface area (Å²) in [5.41, 5.74) is 3.09. The predicted molar refractivity (Wildman–Crippen MR) is 101 cm³/mol. The fraction of sp³-hybridized carbons (Fsp3) is 0.300. The third-order valence-electron chi connectivity index (χ3n) is 4.83. The molecule has 1 amide bonds. The predicted octanol–water partition coefficient (Wildman–Crippen LogP) is 1.68. The van der Waals surface area contributed by atoms with Gasteiger partial charge in [0, 0.05) is 50.7 Å². The van der Waals surface area contributed by atoms with Crippen LogP contribution in [0.3, 0.4) is 0 Å². The number of hydrogen-bond acceptors (Lipinski definition) is 5. The van der Waals surface area contributed by atoms with Crippen LogP contribution >= 0.6 is 0 Å². The number of amides is 1. The van der Waals surface area contributed by atoms with E-state index in [1.807, 2.05) is 53.7 Å². The number of rotatable bonds is 5. The van der Waals surface area contributed by atoms with Crippen molar-refractivity contribution in [2.45, 2.75) is 13.1 Å². The van der Waals surface area contributed by atoms with Crippen molar-refractivity contribution in [3.63, 3.8) is 0 Å². The molecule has 1 aliphatic rings. The highest BCUT2D eigenvalue weighted by atomic mass is 16.2. The Hall–Kier alpha value is -3.06. The smallest absolute Gasteiger partial charge is 0.253 e. The first-order valence-electron chi connectivity index (χ1n) is 9.10. The number of aromatic nitrogens is 4. The van der Waals surface area contributed by atoms with E-state index in [-0.39, 0.29) is 5.91 Å². The van der Waals surface area contributed by atoms with Gasteiger partial charge < -0.3 is 4.90 Å². The summed E-state index contributed by atoms with van der Waals surface area (Å²) in [6, 6.07) is 11.8. The number of nitrogens with zero attached hydrogens (tertiary/aromatic N) is 6. The van der Waals surface area contributed by atoms with Gasteiger partial charge in [-0.25, -0.2) is 9.67 Å². The van der Waals surface area contributed by atoms with Gasteiger partial charge in [0.05, 0.1) is 6.54 Å². The fourth-order valence-corrected chi connectivity index (χ4v) is 3.29. The Labute approximate surface area is 158 Å². The number of carbonyl (C=O) groups is 1. The lowest BCUT2D eigenvalue weighted by Gasteiger charge is -2.34. The second-order valence-electron chi connectivity index (χ2n) is 6.71. The van der Waals surface area contributed by atoms with E-state index in [9.17, 15) is 4.79 Å². The second-order valence-corrected chi connectivity index (χ2v) is 6.71. The molecule has 0 unspecified atom stereocenters. The standard InChI is InChI=1S/C20H22N6O/c27-20(19-3-1-17(2-4-19)14-26-16-22-15-23-26)25-11-9-24(10-12-25)13-18-5-7-21-8-6-18/h1-8,15-16H,9-14H2. The van der Waals surface area contributed by atoms with Gasteiger partial charge in [-0.15, -0.1) is 0 Å². The molecule has 0 radical (unpaired) electrons. The van der Waals surface area contributed by atoms with Crippen LogP contribution in [-0.4, -0.2) is 61.6 Å². The molecule has 3 heterocycles. The topological polar surface area (TPSA) is 67.2 Å². The minimum Gasteiger partial charge on any atom is -0.336 e. The average Bonchev–Trinajstić information content (AvgIpc) is 3.22. The van der Waals surface area contributed by atoms with Crippen LogP contribution in [0.1, 0.15) is 21.5 Å². The molecular weight excluding hydrogens is 340 g/mol. The third-order valence-corrected chi connectivity index (χ3v) is 4.83. The highest BCUT2D eigenvalue weighted by molar-refractivity contribution is 5.94. The third kappa shape index (κ3) is 4.38. The summed E-state index contributed by atoms with van der Waals surface area (Å²) in [6.07, 6.45) is 6.85. The molecule has 7 nitrogen and oxygen atoms in total. The summed E-state index contributed by atoms with van der Waals surface area (Å²) in [7, 11) is 0. The van der Waals surface area contributed by atoms with E-state index in [0.717, 1.165) is 43.9 Å². The van der Waals surface area contributed by atoms with E-state index in [4.69, 9.17) is 0 Å². The van der Waals surface area contributed by atoms with E-state index in [1.165, 1.54) is 11.9 Å². The molecule has 0 spiro atoms. The van der Waals surface area contributed by atoms with Crippen molar-refractivity contribution >= 4 is 5.91 Å². The SMILES string of the molecule is O=C(c1ccc(Cn2cncn2)cc1)N1CCN(Cc2ccncc2)CC1. The maximum absolute atomic E-state index is 12.8. The lowest BCUT2D eigenvalue weighted by molar-refractivity contribution is 0.0628. The zero-order valence-corrected chi connectivity index (χ0v) is 15.1. The number of carbonyl (C=O) groups excluding carboxylic acids is 1. The number of piperazine rings is 1. The lowest BCUT2D eigenvalue weighted by Crippen LogP contribution is -2.48. The van der Waals surface area contributed by atoms with Gasteiger partial charge in [0.15, 0.2) is 0 Å². The van der Waals surface area contributed by atoms with Crippen molar-refractivity contribution in [2.24, 2.45) is 0 Å². The molecule has 3 aromatic rings. The maximum Gasteiger partial charge on any atom is 0.253 e. The van der Waals surface area contributed by atoms with Gasteiger partial charge in [0.2, 0.25) is 0 Å². The van der Waals surface area contributed by atoms with Gasteiger partial charge in [-0.1, -0.05) is 12.1 Å². The Balaban J connectivity index is 1.31. The van der Waals surface area contributed by atoms with Gasteiger partial charge in [-0.05, 0) is 35.4 Å². The van der Waals surface area contributed by atoms with E-state index >= 15 is 0 Å². The maximum atomic E-state index is 12.8. The van der Waals surface area contributed by atoms with Crippen LogP contribution in [0.5, 0.6) is 0 Å². The van der Waals surface area contributed by atoms with Crippen molar-refractivity contribution in [3.05, 3.63) is 78.1 Å². The highest BCUT2D eigenvalue weighted by Gasteiger charge is 2.22. The summed E-state index contributed by atoms with van der Waals surface area (Å²) >= 11 is 0. The van der Waals surface area contributed by atoms with Crippen molar-refractivity contribution in [1.29, 1.82) is 0 Å². The van der Waals surface area contributed by atoms with Crippen LogP contribution in [0.25, 0.3) is 0 Å². The Morgan fingerprint density at radius 3 is 2.22 bits per heavy atom. The molecule has 1 aromatic carbocycles. The molecule has 0 aliphatic carbocycles. The Bertz CT molecular complexity index is 855. The van der Waals surface area contributed by atoms with E-state index in [1.54, 1.807) is 11.0 Å². The van der Waals surface area contributed by atoms with Gasteiger partial charge >= 0.3 is 0 Å². The number of benzene rings is 1. The minimum atomic E-state index is 0.103. The molecule has 138 valence electrons. The van der Waals surface area contributed by atoms with Gasteiger partial charge in [-0.3, -0.25) is 14.7 Å². The molecule has 2 aromatic heterocycles. The molecule has 7 heteroatoms. The quantitative estimate of drug-likeness (QED) is 0.691. The molecule has 4 rings (SSSR count). The van der Waals surface area contributed by atoms with Crippen molar-refractivity contribution < 1.29 is 4.79 Å². The molecule has 0 saturated carbocycles. The molecule has 1 saturated heterocycles. The first-order valence-corrected chi connectivity index (χ1v) is 9.10. The average molecular weight is 362 g/mol. The van der Waals surface area contributed by atoms with Crippen LogP contribution in [0.4, 0.5) is 0 Å². The van der Waals surface area contributed by atoms with Crippen molar-refractivity contribution in [1.82, 2.24) is 29.5 Å². The van der Waals surface area contributed by atoms with Crippen LogP contribution in [-0.2, 0) is 13.1 Å². The van der Waals surface area contributed by atoms with E-state index < -0.39 is 0 Å². The largest absolute Gasteiger partial charge is 0.336 e. The summed E-state index contributed by atoms with van der Waals surface area (Å²) in [5, 5.41) is 4.10. The molecule has 27 heavy (non-hydrogen) atoms. The summed E-state index contributed by atoms with van der Waals surface area (Å²) in [4.78, 5) is 25.1. The Kier molecular flexibility index (Phi) is 5.20. The normalized spacial score (nSPS) is 15.0. The second kappa shape index (κ2) is 8.09. The van der Waals surface area contributed by atoms with E-state index in [2.05, 4.69) is 20.0 Å².